The van der Waals surface area contributed by atoms with Crippen LogP contribution in [0.5, 0.6) is 0 Å². The SMILES string of the molecule is Cc1cc(C(=O)NC(C)c2cccc3ccccc23)cc(C)c1C(=O)NC(=Cc1ccncc1)C(=O)O. The second-order valence-corrected chi connectivity index (χ2v) is 8.85. The number of fused-ring (bicyclic) bond motifs is 1. The lowest BCUT2D eigenvalue weighted by atomic mass is 9.97. The molecule has 1 heterocycles. The zero-order valence-corrected chi connectivity index (χ0v) is 20.8. The number of aromatic nitrogens is 1. The maximum Gasteiger partial charge on any atom is 0.352 e. The van der Waals surface area contributed by atoms with Crippen molar-refractivity contribution in [1.29, 1.82) is 0 Å². The van der Waals surface area contributed by atoms with Crippen molar-refractivity contribution >= 4 is 34.6 Å². The molecule has 7 nitrogen and oxygen atoms in total. The van der Waals surface area contributed by atoms with Gasteiger partial charge in [0.2, 0.25) is 0 Å². The number of hydrogen-bond donors (Lipinski definition) is 3. The fourth-order valence-corrected chi connectivity index (χ4v) is 4.40. The van der Waals surface area contributed by atoms with Crippen LogP contribution in [0.15, 0.2) is 84.8 Å². The van der Waals surface area contributed by atoms with Gasteiger partial charge < -0.3 is 15.7 Å². The molecule has 37 heavy (non-hydrogen) atoms. The van der Waals surface area contributed by atoms with E-state index in [-0.39, 0.29) is 17.6 Å². The number of amides is 2. The molecule has 186 valence electrons. The average Bonchev–Trinajstić information content (AvgIpc) is 2.88. The van der Waals surface area contributed by atoms with Crippen molar-refractivity contribution in [3.63, 3.8) is 0 Å². The van der Waals surface area contributed by atoms with Gasteiger partial charge in [-0.05, 0) is 84.1 Å². The van der Waals surface area contributed by atoms with Crippen LogP contribution in [-0.4, -0.2) is 27.9 Å². The molecule has 7 heteroatoms. The highest BCUT2D eigenvalue weighted by molar-refractivity contribution is 6.05. The normalized spacial score (nSPS) is 12.1. The smallest absolute Gasteiger partial charge is 0.352 e. The Morgan fingerprint density at radius 3 is 2.22 bits per heavy atom. The lowest BCUT2D eigenvalue weighted by Crippen LogP contribution is -2.29. The number of nitrogens with one attached hydrogen (secondary N) is 2. The number of benzene rings is 3. The largest absolute Gasteiger partial charge is 0.477 e. The van der Waals surface area contributed by atoms with Gasteiger partial charge in [0.15, 0.2) is 0 Å². The van der Waals surface area contributed by atoms with Gasteiger partial charge in [-0.15, -0.1) is 0 Å². The zero-order chi connectivity index (χ0) is 26.5. The maximum atomic E-state index is 13.1. The number of aryl methyl sites for hydroxylation is 2. The number of nitrogens with zero attached hydrogens (tertiary/aromatic N) is 1. The van der Waals surface area contributed by atoms with Crippen molar-refractivity contribution in [2.75, 3.05) is 0 Å². The first kappa shape index (κ1) is 25.3. The van der Waals surface area contributed by atoms with E-state index in [0.717, 1.165) is 16.3 Å². The average molecular weight is 494 g/mol. The highest BCUT2D eigenvalue weighted by Gasteiger charge is 2.20. The van der Waals surface area contributed by atoms with E-state index in [0.29, 0.717) is 27.8 Å². The molecule has 0 saturated heterocycles. The zero-order valence-electron chi connectivity index (χ0n) is 20.8. The van der Waals surface area contributed by atoms with E-state index in [4.69, 9.17) is 0 Å². The van der Waals surface area contributed by atoms with Crippen LogP contribution in [0, 0.1) is 13.8 Å². The van der Waals surface area contributed by atoms with E-state index in [1.165, 1.54) is 18.5 Å². The summed E-state index contributed by atoms with van der Waals surface area (Å²) in [4.78, 5) is 41.8. The van der Waals surface area contributed by atoms with Crippen molar-refractivity contribution in [2.24, 2.45) is 0 Å². The van der Waals surface area contributed by atoms with Gasteiger partial charge in [-0.1, -0.05) is 42.5 Å². The summed E-state index contributed by atoms with van der Waals surface area (Å²) in [7, 11) is 0. The number of rotatable bonds is 7. The molecule has 0 aliphatic heterocycles. The van der Waals surface area contributed by atoms with Gasteiger partial charge >= 0.3 is 5.97 Å². The van der Waals surface area contributed by atoms with E-state index < -0.39 is 11.9 Å². The van der Waals surface area contributed by atoms with Crippen molar-refractivity contribution in [3.05, 3.63) is 118 Å². The quantitative estimate of drug-likeness (QED) is 0.307. The predicted octanol–water partition coefficient (Wildman–Crippen LogP) is 5.20. The molecule has 1 atom stereocenters. The molecule has 0 aliphatic carbocycles. The summed E-state index contributed by atoms with van der Waals surface area (Å²) < 4.78 is 0. The van der Waals surface area contributed by atoms with Crippen LogP contribution in [0.3, 0.4) is 0 Å². The third-order valence-corrected chi connectivity index (χ3v) is 6.16. The molecule has 4 rings (SSSR count). The van der Waals surface area contributed by atoms with E-state index in [1.807, 2.05) is 49.4 Å². The highest BCUT2D eigenvalue weighted by Crippen LogP contribution is 2.25. The molecule has 0 radical (unpaired) electrons. The van der Waals surface area contributed by atoms with Crippen LogP contribution in [0.25, 0.3) is 16.8 Å². The Morgan fingerprint density at radius 1 is 0.892 bits per heavy atom. The monoisotopic (exact) mass is 493 g/mol. The second kappa shape index (κ2) is 10.9. The van der Waals surface area contributed by atoms with E-state index in [9.17, 15) is 19.5 Å². The maximum absolute atomic E-state index is 13.1. The summed E-state index contributed by atoms with van der Waals surface area (Å²) in [5.41, 5.74) is 3.21. The number of carboxylic acid groups (broad SMARTS) is 1. The number of hydrogen-bond acceptors (Lipinski definition) is 4. The Bertz CT molecular complexity index is 1500. The molecule has 0 aliphatic rings. The van der Waals surface area contributed by atoms with E-state index in [2.05, 4.69) is 15.6 Å². The van der Waals surface area contributed by atoms with Gasteiger partial charge in [0.1, 0.15) is 5.70 Å². The van der Waals surface area contributed by atoms with Gasteiger partial charge in [-0.25, -0.2) is 4.79 Å². The third-order valence-electron chi connectivity index (χ3n) is 6.16. The van der Waals surface area contributed by atoms with Crippen LogP contribution >= 0.6 is 0 Å². The summed E-state index contributed by atoms with van der Waals surface area (Å²) in [6.07, 6.45) is 4.43. The Balaban J connectivity index is 1.54. The number of aliphatic carboxylic acids is 1. The van der Waals surface area contributed by atoms with Crippen LogP contribution < -0.4 is 10.6 Å². The van der Waals surface area contributed by atoms with Crippen LogP contribution in [0.1, 0.15) is 55.9 Å². The molecule has 1 unspecified atom stereocenters. The lowest BCUT2D eigenvalue weighted by Gasteiger charge is -2.18. The first-order valence-electron chi connectivity index (χ1n) is 11.8. The van der Waals surface area contributed by atoms with E-state index in [1.54, 1.807) is 38.1 Å². The summed E-state index contributed by atoms with van der Waals surface area (Å²) in [5.74, 6) is -2.09. The molecule has 4 aromatic rings. The fraction of sp³-hybridized carbons (Fsp3) is 0.133. The molecule has 0 spiro atoms. The highest BCUT2D eigenvalue weighted by atomic mass is 16.4. The summed E-state index contributed by atoms with van der Waals surface area (Å²) in [5, 5.41) is 17.3. The summed E-state index contributed by atoms with van der Waals surface area (Å²) >= 11 is 0. The second-order valence-electron chi connectivity index (χ2n) is 8.85. The standard InChI is InChI=1S/C30H27N3O4/c1-18-15-23(28(34)32-20(3)24-10-6-8-22-7-4-5-9-25(22)24)16-19(2)27(18)29(35)33-26(30(36)37)17-21-11-13-31-14-12-21/h4-17,20H,1-3H3,(H,32,34)(H,33,35)(H,36,37). The molecular formula is C30H27N3O4. The number of carboxylic acids is 1. The van der Waals surface area contributed by atoms with Gasteiger partial charge in [-0.3, -0.25) is 14.6 Å². The van der Waals surface area contributed by atoms with Crippen LogP contribution in [-0.2, 0) is 4.79 Å². The molecule has 0 saturated carbocycles. The van der Waals surface area contributed by atoms with Crippen LogP contribution in [0.2, 0.25) is 0 Å². The predicted molar refractivity (Wildman–Crippen MR) is 143 cm³/mol. The summed E-state index contributed by atoms with van der Waals surface area (Å²) in [6.45, 7) is 5.38. The molecular weight excluding hydrogens is 466 g/mol. The van der Waals surface area contributed by atoms with Gasteiger partial charge in [0, 0.05) is 23.5 Å². The van der Waals surface area contributed by atoms with Gasteiger partial charge in [-0.2, -0.15) is 0 Å². The Morgan fingerprint density at radius 2 is 1.54 bits per heavy atom. The first-order valence-corrected chi connectivity index (χ1v) is 11.8. The van der Waals surface area contributed by atoms with Crippen LogP contribution in [0.4, 0.5) is 0 Å². The van der Waals surface area contributed by atoms with Crippen molar-refractivity contribution in [3.8, 4) is 0 Å². The number of carbonyl (C=O) groups is 3. The minimum atomic E-state index is -1.26. The fourth-order valence-electron chi connectivity index (χ4n) is 4.40. The lowest BCUT2D eigenvalue weighted by molar-refractivity contribution is -0.132. The van der Waals surface area contributed by atoms with Crippen molar-refractivity contribution in [1.82, 2.24) is 15.6 Å². The summed E-state index contributed by atoms with van der Waals surface area (Å²) in [6, 6.07) is 20.3. The third kappa shape index (κ3) is 5.73. The van der Waals surface area contributed by atoms with Gasteiger partial charge in [0.25, 0.3) is 11.8 Å². The van der Waals surface area contributed by atoms with E-state index >= 15 is 0 Å². The minimum absolute atomic E-state index is 0.237. The molecule has 3 N–H and O–H groups in total. The molecule has 0 fully saturated rings. The molecule has 3 aromatic carbocycles. The Kier molecular flexibility index (Phi) is 7.44. The molecule has 1 aromatic heterocycles. The van der Waals surface area contributed by atoms with Crippen molar-refractivity contribution in [2.45, 2.75) is 26.8 Å². The Hall–Kier alpha value is -4.78. The number of carbonyl (C=O) groups excluding carboxylic acids is 2. The first-order chi connectivity index (χ1) is 17.7. The molecule has 0 bridgehead atoms. The minimum Gasteiger partial charge on any atom is -0.477 e. The number of pyridine rings is 1. The Labute approximate surface area is 214 Å². The van der Waals surface area contributed by atoms with Gasteiger partial charge in [0.05, 0.1) is 6.04 Å². The van der Waals surface area contributed by atoms with Crippen molar-refractivity contribution < 1.29 is 19.5 Å². The molecule has 2 amide bonds. The topological polar surface area (TPSA) is 108 Å².